The molecule has 142 valence electrons. The molecule has 2 aromatic carbocycles. The first-order chi connectivity index (χ1) is 12.9. The molecule has 1 N–H and O–H groups in total. The number of hydrogen-bond donors (Lipinski definition) is 1. The van der Waals surface area contributed by atoms with E-state index in [2.05, 4.69) is 10.2 Å². The van der Waals surface area contributed by atoms with E-state index in [4.69, 9.17) is 23.2 Å². The predicted molar refractivity (Wildman–Crippen MR) is 110 cm³/mol. The van der Waals surface area contributed by atoms with Gasteiger partial charge in [-0.15, -0.1) is 0 Å². The molecule has 0 atom stereocenters. The number of piperidine rings is 1. The van der Waals surface area contributed by atoms with Gasteiger partial charge in [-0.2, -0.15) is 0 Å². The largest absolute Gasteiger partial charge is 0.326 e. The summed E-state index contributed by atoms with van der Waals surface area (Å²) in [5, 5.41) is 4.25. The number of Topliss-reactive ketones (excluding diaryl/α,β-unsaturated/α-hetero) is 1. The Kier molecular flexibility index (Phi) is 6.53. The molecule has 0 bridgehead atoms. The van der Waals surface area contributed by atoms with Crippen LogP contribution in [0.3, 0.4) is 0 Å². The van der Waals surface area contributed by atoms with Crippen molar-refractivity contribution in [2.75, 3.05) is 18.4 Å². The molecule has 0 spiro atoms. The second-order valence-corrected chi connectivity index (χ2v) is 7.76. The fraction of sp³-hybridized carbons (Fsp3) is 0.333. The number of benzene rings is 2. The maximum atomic E-state index is 12.6. The normalized spacial score (nSPS) is 15.5. The van der Waals surface area contributed by atoms with Crippen LogP contribution in [0.4, 0.5) is 5.69 Å². The Bertz CT molecular complexity index is 846. The fourth-order valence-corrected chi connectivity index (χ4v) is 3.77. The van der Waals surface area contributed by atoms with Gasteiger partial charge in [0.05, 0.1) is 0 Å². The highest BCUT2D eigenvalue weighted by atomic mass is 35.5. The van der Waals surface area contributed by atoms with Crippen molar-refractivity contribution in [3.63, 3.8) is 0 Å². The van der Waals surface area contributed by atoms with Crippen molar-refractivity contribution in [3.05, 3.63) is 63.6 Å². The Hall–Kier alpha value is -1.88. The van der Waals surface area contributed by atoms with Crippen LogP contribution in [0.2, 0.25) is 10.0 Å². The van der Waals surface area contributed by atoms with Gasteiger partial charge < -0.3 is 5.32 Å². The quantitative estimate of drug-likeness (QED) is 0.709. The number of carbonyl (C=O) groups excluding carboxylic acids is 2. The molecule has 0 unspecified atom stereocenters. The van der Waals surface area contributed by atoms with E-state index in [0.29, 0.717) is 21.3 Å². The van der Waals surface area contributed by atoms with Gasteiger partial charge in [0, 0.05) is 33.8 Å². The number of ketones is 1. The molecule has 0 saturated carbocycles. The van der Waals surface area contributed by atoms with Crippen LogP contribution in [0.15, 0.2) is 42.5 Å². The van der Waals surface area contributed by atoms with E-state index in [0.717, 1.165) is 38.0 Å². The molecular weight excluding hydrogens is 383 g/mol. The van der Waals surface area contributed by atoms with Gasteiger partial charge in [0.2, 0.25) is 5.91 Å². The standard InChI is InChI=1S/C21H22Cl2N2O2/c1-14(26)16-3-2-4-19(11-16)24-21(27)15-7-9-25(10-8-15)13-17-5-6-18(22)12-20(17)23/h2-6,11-12,15H,7-10,13H2,1H3,(H,24,27). The Labute approximate surface area is 169 Å². The number of nitrogens with one attached hydrogen (secondary N) is 1. The molecule has 0 aromatic heterocycles. The van der Waals surface area contributed by atoms with Crippen molar-refractivity contribution >= 4 is 40.6 Å². The Balaban J connectivity index is 1.53. The van der Waals surface area contributed by atoms with E-state index in [1.165, 1.54) is 6.92 Å². The van der Waals surface area contributed by atoms with Crippen molar-refractivity contribution in [1.29, 1.82) is 0 Å². The third kappa shape index (κ3) is 5.32. The summed E-state index contributed by atoms with van der Waals surface area (Å²) in [7, 11) is 0. The zero-order valence-electron chi connectivity index (χ0n) is 15.2. The van der Waals surface area contributed by atoms with Crippen LogP contribution in [-0.2, 0) is 11.3 Å². The summed E-state index contributed by atoms with van der Waals surface area (Å²) in [6, 6.07) is 12.6. The average Bonchev–Trinajstić information content (AvgIpc) is 2.65. The summed E-state index contributed by atoms with van der Waals surface area (Å²) in [5.74, 6) is -0.0249. The number of likely N-dealkylation sites (tertiary alicyclic amines) is 1. The summed E-state index contributed by atoms with van der Waals surface area (Å²) in [6.07, 6.45) is 1.59. The first-order valence-corrected chi connectivity index (χ1v) is 9.76. The van der Waals surface area contributed by atoms with Gasteiger partial charge in [0.15, 0.2) is 5.78 Å². The van der Waals surface area contributed by atoms with E-state index < -0.39 is 0 Å². The molecule has 1 aliphatic rings. The molecule has 2 aromatic rings. The highest BCUT2D eigenvalue weighted by Crippen LogP contribution is 2.25. The smallest absolute Gasteiger partial charge is 0.227 e. The highest BCUT2D eigenvalue weighted by molar-refractivity contribution is 6.35. The number of halogens is 2. The van der Waals surface area contributed by atoms with Crippen LogP contribution < -0.4 is 5.32 Å². The van der Waals surface area contributed by atoms with Crippen LogP contribution in [-0.4, -0.2) is 29.7 Å². The molecule has 4 nitrogen and oxygen atoms in total. The minimum absolute atomic E-state index is 0.0136. The number of anilines is 1. The lowest BCUT2D eigenvalue weighted by atomic mass is 9.95. The first kappa shape index (κ1) is 19.9. The van der Waals surface area contributed by atoms with Crippen molar-refractivity contribution < 1.29 is 9.59 Å². The topological polar surface area (TPSA) is 49.4 Å². The van der Waals surface area contributed by atoms with Gasteiger partial charge in [0.25, 0.3) is 0 Å². The van der Waals surface area contributed by atoms with Gasteiger partial charge in [-0.25, -0.2) is 0 Å². The number of carbonyl (C=O) groups is 2. The Morgan fingerprint density at radius 3 is 2.52 bits per heavy atom. The molecule has 1 aliphatic heterocycles. The SMILES string of the molecule is CC(=O)c1cccc(NC(=O)C2CCN(Cc3ccc(Cl)cc3Cl)CC2)c1. The van der Waals surface area contributed by atoms with Gasteiger partial charge in [-0.3, -0.25) is 14.5 Å². The lowest BCUT2D eigenvalue weighted by Crippen LogP contribution is -2.37. The maximum absolute atomic E-state index is 12.6. The zero-order chi connectivity index (χ0) is 19.4. The summed E-state index contributed by atoms with van der Waals surface area (Å²) < 4.78 is 0. The maximum Gasteiger partial charge on any atom is 0.227 e. The van der Waals surface area contributed by atoms with Gasteiger partial charge in [0.1, 0.15) is 0 Å². The molecule has 0 aliphatic carbocycles. The van der Waals surface area contributed by atoms with E-state index in [-0.39, 0.29) is 17.6 Å². The van der Waals surface area contributed by atoms with Crippen molar-refractivity contribution in [3.8, 4) is 0 Å². The van der Waals surface area contributed by atoms with Gasteiger partial charge in [-0.1, -0.05) is 41.4 Å². The molecule has 1 amide bonds. The molecule has 1 saturated heterocycles. The lowest BCUT2D eigenvalue weighted by Gasteiger charge is -2.31. The van der Waals surface area contributed by atoms with Crippen LogP contribution >= 0.6 is 23.2 Å². The van der Waals surface area contributed by atoms with Gasteiger partial charge in [-0.05, 0) is 62.7 Å². The van der Waals surface area contributed by atoms with E-state index in [9.17, 15) is 9.59 Å². The fourth-order valence-electron chi connectivity index (χ4n) is 3.30. The highest BCUT2D eigenvalue weighted by Gasteiger charge is 2.25. The zero-order valence-corrected chi connectivity index (χ0v) is 16.7. The molecular formula is C21H22Cl2N2O2. The van der Waals surface area contributed by atoms with Crippen molar-refractivity contribution in [2.45, 2.75) is 26.3 Å². The second kappa shape index (κ2) is 8.87. The van der Waals surface area contributed by atoms with Gasteiger partial charge >= 0.3 is 0 Å². The summed E-state index contributed by atoms with van der Waals surface area (Å²) in [6.45, 7) is 3.95. The van der Waals surface area contributed by atoms with Crippen LogP contribution in [0.5, 0.6) is 0 Å². The lowest BCUT2D eigenvalue weighted by molar-refractivity contribution is -0.121. The molecule has 0 radical (unpaired) electrons. The van der Waals surface area contributed by atoms with Crippen LogP contribution in [0.25, 0.3) is 0 Å². The minimum atomic E-state index is -0.0251. The summed E-state index contributed by atoms with van der Waals surface area (Å²) >= 11 is 12.2. The average molecular weight is 405 g/mol. The number of rotatable bonds is 5. The van der Waals surface area contributed by atoms with E-state index >= 15 is 0 Å². The molecule has 3 rings (SSSR count). The van der Waals surface area contributed by atoms with Crippen molar-refractivity contribution in [2.24, 2.45) is 5.92 Å². The summed E-state index contributed by atoms with van der Waals surface area (Å²) in [4.78, 5) is 26.3. The first-order valence-electron chi connectivity index (χ1n) is 9.00. The third-order valence-corrected chi connectivity index (χ3v) is 5.49. The van der Waals surface area contributed by atoms with Crippen LogP contribution in [0.1, 0.15) is 35.7 Å². The Morgan fingerprint density at radius 1 is 1.11 bits per heavy atom. The predicted octanol–water partition coefficient (Wildman–Crippen LogP) is 5.05. The minimum Gasteiger partial charge on any atom is -0.326 e. The molecule has 6 heteroatoms. The third-order valence-electron chi connectivity index (χ3n) is 4.90. The van der Waals surface area contributed by atoms with E-state index in [1.807, 2.05) is 18.2 Å². The number of nitrogens with zero attached hydrogens (tertiary/aromatic N) is 1. The van der Waals surface area contributed by atoms with Crippen LogP contribution in [0, 0.1) is 5.92 Å². The molecule has 1 heterocycles. The Morgan fingerprint density at radius 2 is 1.85 bits per heavy atom. The van der Waals surface area contributed by atoms with E-state index in [1.54, 1.807) is 24.3 Å². The molecule has 27 heavy (non-hydrogen) atoms. The summed E-state index contributed by atoms with van der Waals surface area (Å²) in [5.41, 5.74) is 2.32. The molecule has 1 fully saturated rings. The number of hydrogen-bond acceptors (Lipinski definition) is 3. The van der Waals surface area contributed by atoms with Crippen molar-refractivity contribution in [1.82, 2.24) is 4.90 Å². The second-order valence-electron chi connectivity index (χ2n) is 6.91. The monoisotopic (exact) mass is 404 g/mol. The number of amides is 1.